The minimum absolute atomic E-state index is 0.168. The molecule has 0 heterocycles. The molecule has 0 radical (unpaired) electrons. The van der Waals surface area contributed by atoms with Crippen LogP contribution in [0.2, 0.25) is 0 Å². The van der Waals surface area contributed by atoms with Crippen molar-refractivity contribution in [1.29, 1.82) is 0 Å². The van der Waals surface area contributed by atoms with Crippen LogP contribution in [0.3, 0.4) is 0 Å². The highest BCUT2D eigenvalue weighted by Crippen LogP contribution is 1.98. The van der Waals surface area contributed by atoms with Crippen molar-refractivity contribution < 1.29 is 9.53 Å². The van der Waals surface area contributed by atoms with Crippen LogP contribution in [0, 0.1) is 0 Å². The molecular weight excluding hydrogens is 254 g/mol. The van der Waals surface area contributed by atoms with Gasteiger partial charge < -0.3 is 10.1 Å². The quantitative estimate of drug-likeness (QED) is 0.185. The molecule has 1 N–H and O–H groups in total. The Kier molecular flexibility index (Phi) is 9.77. The lowest BCUT2D eigenvalue weighted by Crippen LogP contribution is -2.19. The van der Waals surface area contributed by atoms with E-state index < -0.39 is 0 Å². The van der Waals surface area contributed by atoms with Gasteiger partial charge in [0.1, 0.15) is 12.6 Å². The van der Waals surface area contributed by atoms with E-state index in [2.05, 4.69) is 10.4 Å². The predicted molar refractivity (Wildman–Crippen MR) is 74.0 cm³/mol. The van der Waals surface area contributed by atoms with Crippen molar-refractivity contribution in [2.75, 3.05) is 12.5 Å². The summed E-state index contributed by atoms with van der Waals surface area (Å²) in [6.45, 7) is 5.88. The van der Waals surface area contributed by atoms with Gasteiger partial charge in [-0.15, -0.1) is 11.6 Å². The number of ether oxygens (including phenoxy) is 1. The molecule has 5 nitrogen and oxygen atoms in total. The number of nitrogens with zero attached hydrogens (tertiary/aromatic N) is 2. The summed E-state index contributed by atoms with van der Waals surface area (Å²) in [6, 6.07) is 0. The van der Waals surface area contributed by atoms with Crippen LogP contribution in [-0.2, 0) is 9.53 Å². The van der Waals surface area contributed by atoms with E-state index in [-0.39, 0.29) is 5.91 Å². The molecule has 0 bridgehead atoms. The lowest BCUT2D eigenvalue weighted by Gasteiger charge is -2.09. The van der Waals surface area contributed by atoms with E-state index in [0.717, 1.165) is 12.0 Å². The van der Waals surface area contributed by atoms with Crippen molar-refractivity contribution in [3.8, 4) is 0 Å². The van der Waals surface area contributed by atoms with Crippen LogP contribution in [0.25, 0.3) is 0 Å². The van der Waals surface area contributed by atoms with Gasteiger partial charge >= 0.3 is 0 Å². The fourth-order valence-electron chi connectivity index (χ4n) is 0.877. The molecule has 0 aromatic heterocycles. The maximum atomic E-state index is 10.7. The summed E-state index contributed by atoms with van der Waals surface area (Å²) >= 11 is 5.52. The average Bonchev–Trinajstić information content (AvgIpc) is 2.27. The maximum absolute atomic E-state index is 10.7. The van der Waals surface area contributed by atoms with Crippen LogP contribution in [0.1, 0.15) is 27.2 Å². The van der Waals surface area contributed by atoms with E-state index in [0.29, 0.717) is 12.5 Å². The SMILES string of the molecule is CC(=O)N/C=N\N(C=C(C)C)/C=C/OCCCCl. The molecule has 0 rings (SSSR count). The predicted octanol–water partition coefficient (Wildman–Crippen LogP) is 2.41. The monoisotopic (exact) mass is 273 g/mol. The van der Waals surface area contributed by atoms with Crippen LogP contribution in [0.15, 0.2) is 29.3 Å². The van der Waals surface area contributed by atoms with Crippen LogP contribution < -0.4 is 5.32 Å². The molecule has 1 amide bonds. The number of alkyl halides is 1. The highest BCUT2D eigenvalue weighted by molar-refractivity contribution is 6.17. The number of carbonyl (C=O) groups excluding carboxylic acids is 1. The molecule has 102 valence electrons. The van der Waals surface area contributed by atoms with Gasteiger partial charge in [-0.05, 0) is 20.3 Å². The van der Waals surface area contributed by atoms with E-state index in [4.69, 9.17) is 16.3 Å². The smallest absolute Gasteiger partial charge is 0.221 e. The van der Waals surface area contributed by atoms with Crippen LogP contribution in [0.5, 0.6) is 0 Å². The van der Waals surface area contributed by atoms with E-state index in [1.54, 1.807) is 17.4 Å². The first-order valence-electron chi connectivity index (χ1n) is 5.63. The molecule has 0 saturated heterocycles. The number of hydrazone groups is 1. The number of nitrogens with one attached hydrogen (secondary N) is 1. The van der Waals surface area contributed by atoms with Crippen molar-refractivity contribution in [2.24, 2.45) is 5.10 Å². The molecule has 0 aliphatic carbocycles. The molecule has 0 unspecified atom stereocenters. The summed E-state index contributed by atoms with van der Waals surface area (Å²) in [5.41, 5.74) is 1.07. The first-order valence-corrected chi connectivity index (χ1v) is 6.17. The Hall–Kier alpha value is -1.49. The second-order valence-corrected chi connectivity index (χ2v) is 4.11. The van der Waals surface area contributed by atoms with E-state index in [9.17, 15) is 4.79 Å². The van der Waals surface area contributed by atoms with E-state index >= 15 is 0 Å². The topological polar surface area (TPSA) is 53.9 Å². The first-order chi connectivity index (χ1) is 8.56. The minimum Gasteiger partial charge on any atom is -0.500 e. The normalized spacial score (nSPS) is 10.7. The summed E-state index contributed by atoms with van der Waals surface area (Å²) in [6.07, 6.45) is 7.12. The molecule has 0 aliphatic rings. The minimum atomic E-state index is -0.168. The summed E-state index contributed by atoms with van der Waals surface area (Å²) in [7, 11) is 0. The second-order valence-electron chi connectivity index (χ2n) is 3.73. The number of amides is 1. The number of allylic oxidation sites excluding steroid dienone is 1. The molecule has 0 aromatic rings. The van der Waals surface area contributed by atoms with Gasteiger partial charge in [0.05, 0.1) is 12.8 Å². The lowest BCUT2D eigenvalue weighted by atomic mass is 10.4. The number of halogens is 1. The number of hydrogen-bond acceptors (Lipinski definition) is 4. The van der Waals surface area contributed by atoms with Gasteiger partial charge in [0.25, 0.3) is 0 Å². The largest absolute Gasteiger partial charge is 0.500 e. The van der Waals surface area contributed by atoms with Crippen molar-refractivity contribution in [2.45, 2.75) is 27.2 Å². The van der Waals surface area contributed by atoms with Gasteiger partial charge in [0.15, 0.2) is 0 Å². The maximum Gasteiger partial charge on any atom is 0.221 e. The van der Waals surface area contributed by atoms with Crippen molar-refractivity contribution in [3.05, 3.63) is 24.2 Å². The second kappa shape index (κ2) is 10.7. The molecule has 0 aromatic carbocycles. The number of hydrogen-bond donors (Lipinski definition) is 1. The molecule has 18 heavy (non-hydrogen) atoms. The molecule has 0 saturated carbocycles. The van der Waals surface area contributed by atoms with E-state index in [1.165, 1.54) is 19.5 Å². The highest BCUT2D eigenvalue weighted by atomic mass is 35.5. The molecular formula is C12H20ClN3O2. The standard InChI is InChI=1S/C12H20ClN3O2/c1-11(2)9-16(15-10-14-12(3)17)6-8-18-7-4-5-13/h6,8-10H,4-5,7H2,1-3H3,(H,14,15,17)/b8-6+. The Labute approximate surface area is 113 Å². The van der Waals surface area contributed by atoms with Gasteiger partial charge in [0, 0.05) is 19.0 Å². The third kappa shape index (κ3) is 11.0. The fraction of sp³-hybridized carbons (Fsp3) is 0.500. The number of carbonyl (C=O) groups is 1. The number of rotatable bonds is 8. The van der Waals surface area contributed by atoms with Crippen LogP contribution in [0.4, 0.5) is 0 Å². The van der Waals surface area contributed by atoms with Crippen molar-refractivity contribution in [1.82, 2.24) is 10.3 Å². The Morgan fingerprint density at radius 1 is 1.44 bits per heavy atom. The molecule has 0 spiro atoms. The van der Waals surface area contributed by atoms with E-state index in [1.807, 2.05) is 13.8 Å². The van der Waals surface area contributed by atoms with Gasteiger partial charge in [-0.2, -0.15) is 5.10 Å². The molecule has 0 aliphatic heterocycles. The molecule has 6 heteroatoms. The Balaban J connectivity index is 4.27. The van der Waals surface area contributed by atoms with Crippen LogP contribution in [-0.4, -0.2) is 29.7 Å². The van der Waals surface area contributed by atoms with Gasteiger partial charge in [-0.3, -0.25) is 4.79 Å². The average molecular weight is 274 g/mol. The van der Waals surface area contributed by atoms with Gasteiger partial charge in [-0.25, -0.2) is 5.01 Å². The van der Waals surface area contributed by atoms with Crippen molar-refractivity contribution in [3.63, 3.8) is 0 Å². The van der Waals surface area contributed by atoms with Gasteiger partial charge in [-0.1, -0.05) is 5.57 Å². The zero-order valence-corrected chi connectivity index (χ0v) is 11.8. The zero-order chi connectivity index (χ0) is 13.8. The summed E-state index contributed by atoms with van der Waals surface area (Å²) in [5.74, 6) is 0.407. The molecule has 0 atom stereocenters. The summed E-state index contributed by atoms with van der Waals surface area (Å²) in [4.78, 5) is 10.7. The highest BCUT2D eigenvalue weighted by Gasteiger charge is 1.91. The van der Waals surface area contributed by atoms with Crippen molar-refractivity contribution >= 4 is 23.8 Å². The van der Waals surface area contributed by atoms with Gasteiger partial charge in [0.2, 0.25) is 5.91 Å². The zero-order valence-electron chi connectivity index (χ0n) is 11.0. The third-order valence-electron chi connectivity index (χ3n) is 1.55. The molecule has 0 fully saturated rings. The fourth-order valence-corrected chi connectivity index (χ4v) is 0.986. The van der Waals surface area contributed by atoms with Crippen LogP contribution >= 0.6 is 11.6 Å². The lowest BCUT2D eigenvalue weighted by molar-refractivity contribution is -0.117. The Morgan fingerprint density at radius 3 is 2.72 bits per heavy atom. The summed E-state index contributed by atoms with van der Waals surface area (Å²) in [5, 5.41) is 8.04. The Morgan fingerprint density at radius 2 is 2.17 bits per heavy atom. The first kappa shape index (κ1) is 16.5. The Bertz CT molecular complexity index is 323. The summed E-state index contributed by atoms with van der Waals surface area (Å²) < 4.78 is 5.22. The third-order valence-corrected chi connectivity index (χ3v) is 1.82.